The lowest BCUT2D eigenvalue weighted by molar-refractivity contribution is -0.118. The maximum absolute atomic E-state index is 13.1. The second kappa shape index (κ2) is 6.05. The minimum absolute atomic E-state index is 0.00966. The van der Waals surface area contributed by atoms with Gasteiger partial charge in [-0.1, -0.05) is 32.0 Å². The van der Waals surface area contributed by atoms with Crippen LogP contribution in [0.1, 0.15) is 54.1 Å². The van der Waals surface area contributed by atoms with Crippen molar-refractivity contribution in [2.75, 3.05) is 5.32 Å². The number of benzene rings is 1. The standard InChI is InChI=1S/C20H19N3O5/c1-20(2)7-11-14(12(24)8-20)13(9-5-3-4-6-10(9)18(26)27)15-16(21-11)22-19(28)23-17(15)25/h3-6,13H,7-8H2,1-2H3,(H,26,27)(H3,21,22,23,25,28). The summed E-state index contributed by atoms with van der Waals surface area (Å²) in [5.74, 6) is -1.96. The predicted molar refractivity (Wildman–Crippen MR) is 102 cm³/mol. The van der Waals surface area contributed by atoms with E-state index in [-0.39, 0.29) is 34.6 Å². The van der Waals surface area contributed by atoms with Gasteiger partial charge in [0.15, 0.2) is 5.78 Å². The van der Waals surface area contributed by atoms with Crippen molar-refractivity contribution in [2.45, 2.75) is 32.6 Å². The molecule has 28 heavy (non-hydrogen) atoms. The van der Waals surface area contributed by atoms with Crippen molar-refractivity contribution >= 4 is 17.6 Å². The van der Waals surface area contributed by atoms with Crippen molar-refractivity contribution in [1.29, 1.82) is 0 Å². The Balaban J connectivity index is 2.06. The van der Waals surface area contributed by atoms with Crippen LogP contribution in [0, 0.1) is 5.41 Å². The van der Waals surface area contributed by atoms with Gasteiger partial charge >= 0.3 is 11.7 Å². The van der Waals surface area contributed by atoms with Crippen molar-refractivity contribution in [3.8, 4) is 0 Å². The quantitative estimate of drug-likeness (QED) is 0.629. The first-order valence-electron chi connectivity index (χ1n) is 8.90. The third kappa shape index (κ3) is 2.77. The number of H-pyrrole nitrogens is 2. The molecule has 2 aromatic rings. The van der Waals surface area contributed by atoms with Crippen LogP contribution in [0.15, 0.2) is 45.1 Å². The highest BCUT2D eigenvalue weighted by atomic mass is 16.4. The number of carbonyl (C=O) groups excluding carboxylic acids is 1. The molecule has 4 rings (SSSR count). The van der Waals surface area contributed by atoms with E-state index in [0.717, 1.165) is 0 Å². The number of nitrogens with one attached hydrogen (secondary N) is 3. The summed E-state index contributed by atoms with van der Waals surface area (Å²) in [6.07, 6.45) is 0.823. The molecule has 0 radical (unpaired) electrons. The summed E-state index contributed by atoms with van der Waals surface area (Å²) >= 11 is 0. The molecule has 8 nitrogen and oxygen atoms in total. The monoisotopic (exact) mass is 381 g/mol. The SMILES string of the molecule is CC1(C)CC(=O)C2=C(C1)Nc1[nH]c(=O)[nH]c(=O)c1C2c1ccccc1C(=O)O. The van der Waals surface area contributed by atoms with Crippen LogP contribution in [-0.4, -0.2) is 26.8 Å². The number of anilines is 1. The molecule has 8 heteroatoms. The Morgan fingerprint density at radius 1 is 1.11 bits per heavy atom. The third-order valence-electron chi connectivity index (χ3n) is 5.25. The van der Waals surface area contributed by atoms with Crippen LogP contribution >= 0.6 is 0 Å². The number of rotatable bonds is 2. The summed E-state index contributed by atoms with van der Waals surface area (Å²) in [6.45, 7) is 3.93. The van der Waals surface area contributed by atoms with Gasteiger partial charge in [0, 0.05) is 23.6 Å². The number of allylic oxidation sites excluding steroid dienone is 2. The molecule has 0 bridgehead atoms. The summed E-state index contributed by atoms with van der Waals surface area (Å²) in [6, 6.07) is 6.30. The Hall–Kier alpha value is -3.42. The van der Waals surface area contributed by atoms with E-state index in [1.165, 1.54) is 6.07 Å². The number of aromatic nitrogens is 2. The maximum Gasteiger partial charge on any atom is 0.335 e. The lowest BCUT2D eigenvalue weighted by atomic mass is 9.69. The zero-order valence-corrected chi connectivity index (χ0v) is 15.4. The molecule has 0 saturated carbocycles. The van der Waals surface area contributed by atoms with Gasteiger partial charge in [0.05, 0.1) is 11.1 Å². The second-order valence-electron chi connectivity index (χ2n) is 7.98. The average molecular weight is 381 g/mol. The minimum atomic E-state index is -1.15. The molecule has 144 valence electrons. The van der Waals surface area contributed by atoms with Crippen LogP contribution in [0.3, 0.4) is 0 Å². The Kier molecular flexibility index (Phi) is 3.88. The molecule has 1 aliphatic carbocycles. The highest BCUT2D eigenvalue weighted by Gasteiger charge is 2.43. The number of ketones is 1. The molecule has 0 spiro atoms. The van der Waals surface area contributed by atoms with Crippen LogP contribution in [0.25, 0.3) is 0 Å². The molecule has 4 N–H and O–H groups in total. The van der Waals surface area contributed by atoms with Crippen molar-refractivity contribution in [3.63, 3.8) is 0 Å². The summed E-state index contributed by atoms with van der Waals surface area (Å²) in [5.41, 5.74) is -0.129. The van der Waals surface area contributed by atoms with Gasteiger partial charge in [0.1, 0.15) is 5.82 Å². The first-order chi connectivity index (χ1) is 13.2. The minimum Gasteiger partial charge on any atom is -0.478 e. The summed E-state index contributed by atoms with van der Waals surface area (Å²) in [5, 5.41) is 12.7. The fourth-order valence-corrected chi connectivity index (χ4v) is 4.20. The van der Waals surface area contributed by atoms with Crippen LogP contribution in [0.4, 0.5) is 5.82 Å². The van der Waals surface area contributed by atoms with E-state index in [0.29, 0.717) is 23.3 Å². The first kappa shape index (κ1) is 18.0. The number of hydrogen-bond donors (Lipinski definition) is 4. The second-order valence-corrected chi connectivity index (χ2v) is 7.98. The van der Waals surface area contributed by atoms with Gasteiger partial charge in [-0.25, -0.2) is 9.59 Å². The van der Waals surface area contributed by atoms with Crippen molar-refractivity contribution in [2.24, 2.45) is 5.41 Å². The Morgan fingerprint density at radius 2 is 1.82 bits per heavy atom. The highest BCUT2D eigenvalue weighted by molar-refractivity contribution is 6.02. The topological polar surface area (TPSA) is 132 Å². The Bertz CT molecular complexity index is 1170. The molecule has 1 aromatic carbocycles. The number of aromatic carboxylic acids is 1. The van der Waals surface area contributed by atoms with Crippen molar-refractivity contribution in [3.05, 3.63) is 73.1 Å². The van der Waals surface area contributed by atoms with E-state index in [2.05, 4.69) is 15.3 Å². The lowest BCUT2D eigenvalue weighted by Crippen LogP contribution is -2.39. The van der Waals surface area contributed by atoms with Gasteiger partial charge in [-0.3, -0.25) is 19.6 Å². The van der Waals surface area contributed by atoms with E-state index in [1.807, 2.05) is 13.8 Å². The van der Waals surface area contributed by atoms with E-state index in [9.17, 15) is 24.3 Å². The molecule has 1 aromatic heterocycles. The maximum atomic E-state index is 13.1. The normalized spacial score (nSPS) is 20.2. The fourth-order valence-electron chi connectivity index (χ4n) is 4.20. The first-order valence-corrected chi connectivity index (χ1v) is 8.90. The van der Waals surface area contributed by atoms with Gasteiger partial charge in [0.25, 0.3) is 5.56 Å². The van der Waals surface area contributed by atoms with Crippen LogP contribution in [0.5, 0.6) is 0 Å². The lowest BCUT2D eigenvalue weighted by Gasteiger charge is -2.38. The zero-order chi connectivity index (χ0) is 20.2. The number of carboxylic acid groups (broad SMARTS) is 1. The van der Waals surface area contributed by atoms with Gasteiger partial charge in [-0.2, -0.15) is 0 Å². The van der Waals surface area contributed by atoms with Crippen LogP contribution in [-0.2, 0) is 4.79 Å². The smallest absolute Gasteiger partial charge is 0.335 e. The fraction of sp³-hybridized carbons (Fsp3) is 0.300. The van der Waals surface area contributed by atoms with Gasteiger partial charge in [-0.15, -0.1) is 0 Å². The van der Waals surface area contributed by atoms with E-state index in [4.69, 9.17) is 0 Å². The number of carbonyl (C=O) groups is 2. The zero-order valence-electron chi connectivity index (χ0n) is 15.4. The molecule has 2 heterocycles. The molecule has 1 atom stereocenters. The average Bonchev–Trinajstić information content (AvgIpc) is 2.58. The van der Waals surface area contributed by atoms with Crippen molar-refractivity contribution < 1.29 is 14.7 Å². The molecule has 0 fully saturated rings. The van der Waals surface area contributed by atoms with Crippen LogP contribution in [0.2, 0.25) is 0 Å². The molecular formula is C20H19N3O5. The number of hydrogen-bond acceptors (Lipinski definition) is 5. The number of aromatic amines is 2. The largest absolute Gasteiger partial charge is 0.478 e. The Labute approximate surface area is 159 Å². The molecule has 0 saturated heterocycles. The molecule has 0 amide bonds. The number of fused-ring (bicyclic) bond motifs is 1. The van der Waals surface area contributed by atoms with Gasteiger partial charge in [-0.05, 0) is 23.5 Å². The van der Waals surface area contributed by atoms with Gasteiger partial charge in [0.2, 0.25) is 0 Å². The molecule has 2 aliphatic rings. The molecule has 1 aliphatic heterocycles. The summed E-state index contributed by atoms with van der Waals surface area (Å²) < 4.78 is 0. The van der Waals surface area contributed by atoms with Gasteiger partial charge < -0.3 is 10.4 Å². The summed E-state index contributed by atoms with van der Waals surface area (Å²) in [4.78, 5) is 54.1. The molecule has 1 unspecified atom stereocenters. The van der Waals surface area contributed by atoms with E-state index < -0.39 is 23.1 Å². The summed E-state index contributed by atoms with van der Waals surface area (Å²) in [7, 11) is 0. The highest BCUT2D eigenvalue weighted by Crippen LogP contribution is 2.47. The number of Topliss-reactive ketones (excluding diaryl/α,β-unsaturated/α-hetero) is 1. The molecular weight excluding hydrogens is 362 g/mol. The number of carboxylic acids is 1. The van der Waals surface area contributed by atoms with E-state index in [1.54, 1.807) is 18.2 Å². The van der Waals surface area contributed by atoms with Crippen LogP contribution < -0.4 is 16.6 Å². The van der Waals surface area contributed by atoms with E-state index >= 15 is 0 Å². The Morgan fingerprint density at radius 3 is 2.54 bits per heavy atom. The third-order valence-corrected chi connectivity index (χ3v) is 5.25. The van der Waals surface area contributed by atoms with Crippen molar-refractivity contribution in [1.82, 2.24) is 9.97 Å². The predicted octanol–water partition coefficient (Wildman–Crippen LogP) is 1.96.